The lowest BCUT2D eigenvalue weighted by atomic mass is 9.94. The standard InChI is InChI=1S/C20H23NO2/c1-23-20(22)18-12-6-5-11-17(18)15-21-14-8-7-13-19(21)16-9-3-2-4-10-16/h2-6,9-12,19H,7-8,13-15H2,1H3/t19-/m0/s1. The Morgan fingerprint density at radius 2 is 1.83 bits per heavy atom. The Morgan fingerprint density at radius 1 is 1.09 bits per heavy atom. The molecule has 0 spiro atoms. The number of esters is 1. The van der Waals surface area contributed by atoms with Gasteiger partial charge in [-0.2, -0.15) is 0 Å². The molecule has 0 aromatic heterocycles. The molecule has 2 aromatic rings. The molecule has 3 rings (SSSR count). The van der Waals surface area contributed by atoms with Crippen LogP contribution >= 0.6 is 0 Å². The van der Waals surface area contributed by atoms with Gasteiger partial charge < -0.3 is 4.74 Å². The summed E-state index contributed by atoms with van der Waals surface area (Å²) in [5.41, 5.74) is 3.08. The summed E-state index contributed by atoms with van der Waals surface area (Å²) >= 11 is 0. The zero-order valence-electron chi connectivity index (χ0n) is 13.6. The molecule has 3 nitrogen and oxygen atoms in total. The fourth-order valence-electron chi connectivity index (χ4n) is 3.42. The third-order valence-corrected chi connectivity index (χ3v) is 4.59. The van der Waals surface area contributed by atoms with Crippen molar-refractivity contribution in [2.75, 3.05) is 13.7 Å². The monoisotopic (exact) mass is 309 g/mol. The maximum atomic E-state index is 12.0. The van der Waals surface area contributed by atoms with Crippen molar-refractivity contribution in [1.29, 1.82) is 0 Å². The topological polar surface area (TPSA) is 29.5 Å². The first-order valence-corrected chi connectivity index (χ1v) is 8.25. The van der Waals surface area contributed by atoms with Gasteiger partial charge in [-0.3, -0.25) is 4.90 Å². The van der Waals surface area contributed by atoms with Gasteiger partial charge >= 0.3 is 5.97 Å². The quantitative estimate of drug-likeness (QED) is 0.793. The lowest BCUT2D eigenvalue weighted by Gasteiger charge is -2.36. The largest absolute Gasteiger partial charge is 0.465 e. The first-order chi connectivity index (χ1) is 11.3. The highest BCUT2D eigenvalue weighted by Gasteiger charge is 2.25. The van der Waals surface area contributed by atoms with E-state index in [9.17, 15) is 4.79 Å². The predicted molar refractivity (Wildman–Crippen MR) is 91.2 cm³/mol. The maximum absolute atomic E-state index is 12.0. The summed E-state index contributed by atoms with van der Waals surface area (Å²) in [6, 6.07) is 18.9. The molecule has 1 aliphatic heterocycles. The van der Waals surface area contributed by atoms with Gasteiger partial charge in [0, 0.05) is 12.6 Å². The van der Waals surface area contributed by atoms with Crippen LogP contribution in [0.2, 0.25) is 0 Å². The fourth-order valence-corrected chi connectivity index (χ4v) is 3.42. The number of carbonyl (C=O) groups excluding carboxylic acids is 1. The van der Waals surface area contributed by atoms with Gasteiger partial charge in [0.05, 0.1) is 12.7 Å². The minimum absolute atomic E-state index is 0.256. The molecule has 0 N–H and O–H groups in total. The average molecular weight is 309 g/mol. The molecule has 2 aromatic carbocycles. The van der Waals surface area contributed by atoms with E-state index in [1.54, 1.807) is 0 Å². The number of methoxy groups -OCH3 is 1. The Morgan fingerprint density at radius 3 is 2.61 bits per heavy atom. The zero-order chi connectivity index (χ0) is 16.1. The van der Waals surface area contributed by atoms with Crippen LogP contribution in [0.3, 0.4) is 0 Å². The normalized spacial score (nSPS) is 18.6. The van der Waals surface area contributed by atoms with E-state index in [0.717, 1.165) is 18.7 Å². The van der Waals surface area contributed by atoms with Gasteiger partial charge in [-0.05, 0) is 36.6 Å². The summed E-state index contributed by atoms with van der Waals surface area (Å²) in [5, 5.41) is 0. The van der Waals surface area contributed by atoms with Gasteiger partial charge in [-0.1, -0.05) is 55.0 Å². The third-order valence-electron chi connectivity index (χ3n) is 4.59. The number of likely N-dealkylation sites (tertiary alicyclic amines) is 1. The molecular weight excluding hydrogens is 286 g/mol. The predicted octanol–water partition coefficient (Wildman–Crippen LogP) is 4.20. The van der Waals surface area contributed by atoms with Crippen LogP contribution in [0.15, 0.2) is 54.6 Å². The van der Waals surface area contributed by atoms with Crippen LogP contribution in [0.25, 0.3) is 0 Å². The summed E-state index contributed by atoms with van der Waals surface area (Å²) in [7, 11) is 1.44. The molecule has 0 unspecified atom stereocenters. The second kappa shape index (κ2) is 7.42. The van der Waals surface area contributed by atoms with Crippen LogP contribution in [0.1, 0.15) is 46.8 Å². The van der Waals surface area contributed by atoms with Crippen LogP contribution in [0.4, 0.5) is 0 Å². The molecule has 0 amide bonds. The van der Waals surface area contributed by atoms with Gasteiger partial charge in [0.2, 0.25) is 0 Å². The van der Waals surface area contributed by atoms with Crippen LogP contribution in [-0.4, -0.2) is 24.5 Å². The zero-order valence-corrected chi connectivity index (χ0v) is 13.6. The smallest absolute Gasteiger partial charge is 0.338 e. The summed E-state index contributed by atoms with van der Waals surface area (Å²) in [4.78, 5) is 14.5. The lowest BCUT2D eigenvalue weighted by Crippen LogP contribution is -2.33. The fraction of sp³-hybridized carbons (Fsp3) is 0.350. The maximum Gasteiger partial charge on any atom is 0.338 e. The highest BCUT2D eigenvalue weighted by Crippen LogP contribution is 2.32. The SMILES string of the molecule is COC(=O)c1ccccc1CN1CCCC[C@H]1c1ccccc1. The van der Waals surface area contributed by atoms with Gasteiger partial charge in [-0.15, -0.1) is 0 Å². The summed E-state index contributed by atoms with van der Waals surface area (Å²) in [6.07, 6.45) is 3.64. The molecule has 0 saturated carbocycles. The highest BCUT2D eigenvalue weighted by atomic mass is 16.5. The van der Waals surface area contributed by atoms with Crippen LogP contribution < -0.4 is 0 Å². The van der Waals surface area contributed by atoms with E-state index in [1.165, 1.54) is 31.9 Å². The molecule has 1 fully saturated rings. The summed E-state index contributed by atoms with van der Waals surface area (Å²) < 4.78 is 4.92. The van der Waals surface area contributed by atoms with E-state index in [0.29, 0.717) is 11.6 Å². The molecule has 3 heteroatoms. The van der Waals surface area contributed by atoms with E-state index < -0.39 is 0 Å². The van der Waals surface area contributed by atoms with Crippen molar-refractivity contribution in [2.24, 2.45) is 0 Å². The number of hydrogen-bond donors (Lipinski definition) is 0. The molecule has 1 heterocycles. The Kier molecular flexibility index (Phi) is 5.09. The molecule has 23 heavy (non-hydrogen) atoms. The van der Waals surface area contributed by atoms with E-state index >= 15 is 0 Å². The number of rotatable bonds is 4. The van der Waals surface area contributed by atoms with Crippen molar-refractivity contribution in [2.45, 2.75) is 31.8 Å². The number of benzene rings is 2. The second-order valence-corrected chi connectivity index (χ2v) is 6.04. The number of piperidine rings is 1. The van der Waals surface area contributed by atoms with E-state index in [4.69, 9.17) is 4.74 Å². The Labute approximate surface area is 137 Å². The van der Waals surface area contributed by atoms with Gasteiger partial charge in [0.1, 0.15) is 0 Å². The minimum atomic E-state index is -0.256. The average Bonchev–Trinajstić information content (AvgIpc) is 2.63. The number of nitrogens with zero attached hydrogens (tertiary/aromatic N) is 1. The van der Waals surface area contributed by atoms with Crippen LogP contribution in [-0.2, 0) is 11.3 Å². The summed E-state index contributed by atoms with van der Waals surface area (Å²) in [6.45, 7) is 1.85. The van der Waals surface area contributed by atoms with E-state index in [-0.39, 0.29) is 5.97 Å². The van der Waals surface area contributed by atoms with Crippen molar-refractivity contribution in [1.82, 2.24) is 4.90 Å². The van der Waals surface area contributed by atoms with Crippen molar-refractivity contribution in [3.05, 3.63) is 71.3 Å². The minimum Gasteiger partial charge on any atom is -0.465 e. The molecule has 1 atom stereocenters. The van der Waals surface area contributed by atoms with E-state index in [1.807, 2.05) is 24.3 Å². The van der Waals surface area contributed by atoms with Crippen molar-refractivity contribution < 1.29 is 9.53 Å². The number of hydrogen-bond acceptors (Lipinski definition) is 3. The van der Waals surface area contributed by atoms with E-state index in [2.05, 4.69) is 35.2 Å². The van der Waals surface area contributed by atoms with Crippen molar-refractivity contribution in [3.63, 3.8) is 0 Å². The van der Waals surface area contributed by atoms with Crippen LogP contribution in [0.5, 0.6) is 0 Å². The highest BCUT2D eigenvalue weighted by molar-refractivity contribution is 5.90. The Balaban J connectivity index is 1.84. The lowest BCUT2D eigenvalue weighted by molar-refractivity contribution is 0.0596. The number of ether oxygens (including phenoxy) is 1. The van der Waals surface area contributed by atoms with Gasteiger partial charge in [-0.25, -0.2) is 4.79 Å². The van der Waals surface area contributed by atoms with Crippen LogP contribution in [0, 0.1) is 0 Å². The van der Waals surface area contributed by atoms with Gasteiger partial charge in [0.25, 0.3) is 0 Å². The summed E-state index contributed by atoms with van der Waals surface area (Å²) in [5.74, 6) is -0.256. The molecule has 1 aliphatic rings. The molecule has 0 aliphatic carbocycles. The first kappa shape index (κ1) is 15.8. The Bertz CT molecular complexity index is 654. The molecular formula is C20H23NO2. The molecule has 1 saturated heterocycles. The first-order valence-electron chi connectivity index (χ1n) is 8.25. The molecule has 0 radical (unpaired) electrons. The molecule has 0 bridgehead atoms. The number of carbonyl (C=O) groups is 1. The second-order valence-electron chi connectivity index (χ2n) is 6.04. The van der Waals surface area contributed by atoms with Crippen molar-refractivity contribution >= 4 is 5.97 Å². The molecule has 120 valence electrons. The van der Waals surface area contributed by atoms with Gasteiger partial charge in [0.15, 0.2) is 0 Å². The Hall–Kier alpha value is -2.13. The van der Waals surface area contributed by atoms with Crippen molar-refractivity contribution in [3.8, 4) is 0 Å². The third kappa shape index (κ3) is 3.62.